The van der Waals surface area contributed by atoms with Gasteiger partial charge in [-0.25, -0.2) is 13.8 Å². The normalized spacial score (nSPS) is 11.1. The van der Waals surface area contributed by atoms with E-state index in [4.69, 9.17) is 16.3 Å². The van der Waals surface area contributed by atoms with Crippen molar-refractivity contribution < 1.29 is 13.5 Å². The summed E-state index contributed by atoms with van der Waals surface area (Å²) in [5.41, 5.74) is 2.28. The van der Waals surface area contributed by atoms with Crippen molar-refractivity contribution >= 4 is 22.6 Å². The summed E-state index contributed by atoms with van der Waals surface area (Å²) in [6, 6.07) is 17.6. The fourth-order valence-electron chi connectivity index (χ4n) is 3.39. The second kappa shape index (κ2) is 8.13. The van der Waals surface area contributed by atoms with Gasteiger partial charge < -0.3 is 9.30 Å². The molecule has 0 fully saturated rings. The predicted molar refractivity (Wildman–Crippen MR) is 112 cm³/mol. The van der Waals surface area contributed by atoms with Gasteiger partial charge in [-0.2, -0.15) is 5.26 Å². The molecule has 0 bridgehead atoms. The van der Waals surface area contributed by atoms with E-state index < -0.39 is 6.43 Å². The van der Waals surface area contributed by atoms with Crippen LogP contribution in [0.2, 0.25) is 5.02 Å². The van der Waals surface area contributed by atoms with E-state index >= 15 is 0 Å². The Labute approximate surface area is 176 Å². The highest BCUT2D eigenvalue weighted by molar-refractivity contribution is 6.30. The molecule has 0 saturated carbocycles. The Balaban J connectivity index is 1.89. The summed E-state index contributed by atoms with van der Waals surface area (Å²) in [5.74, 6) is 0.719. The Hall–Kier alpha value is -3.43. The van der Waals surface area contributed by atoms with E-state index in [9.17, 15) is 14.0 Å². The van der Waals surface area contributed by atoms with Crippen LogP contribution < -0.4 is 4.74 Å². The highest BCUT2D eigenvalue weighted by Gasteiger charge is 2.21. The quantitative estimate of drug-likeness (QED) is 0.382. The van der Waals surface area contributed by atoms with Crippen molar-refractivity contribution in [2.75, 3.05) is 7.11 Å². The molecular formula is C23H16ClF2N3O. The summed E-state index contributed by atoms with van der Waals surface area (Å²) in [5, 5.41) is 10.3. The number of benzene rings is 2. The fraction of sp³-hybridized carbons (Fsp3) is 0.130. The van der Waals surface area contributed by atoms with Crippen LogP contribution in [0.4, 0.5) is 8.78 Å². The lowest BCUT2D eigenvalue weighted by molar-refractivity contribution is 0.153. The molecule has 4 nitrogen and oxygen atoms in total. The van der Waals surface area contributed by atoms with Crippen molar-refractivity contribution in [2.24, 2.45) is 0 Å². The molecule has 0 aliphatic rings. The number of aromatic nitrogens is 2. The molecule has 150 valence electrons. The Bertz CT molecular complexity index is 1240. The van der Waals surface area contributed by atoms with Gasteiger partial charge in [0.2, 0.25) is 0 Å². The predicted octanol–water partition coefficient (Wildman–Crippen LogP) is 6.22. The number of hydrogen-bond donors (Lipinski definition) is 0. The van der Waals surface area contributed by atoms with Gasteiger partial charge in [-0.3, -0.25) is 0 Å². The molecule has 0 N–H and O–H groups in total. The Morgan fingerprint density at radius 1 is 1.13 bits per heavy atom. The molecule has 2 heterocycles. The van der Waals surface area contributed by atoms with Gasteiger partial charge in [-0.05, 0) is 35.9 Å². The molecule has 4 aromatic rings. The molecule has 0 unspecified atom stereocenters. The number of hydrogen-bond acceptors (Lipinski definition) is 3. The van der Waals surface area contributed by atoms with E-state index in [-0.39, 0.29) is 16.5 Å². The van der Waals surface area contributed by atoms with E-state index in [0.29, 0.717) is 28.5 Å². The maximum atomic E-state index is 13.9. The first-order chi connectivity index (χ1) is 14.5. The van der Waals surface area contributed by atoms with E-state index in [1.54, 1.807) is 42.1 Å². The summed E-state index contributed by atoms with van der Waals surface area (Å²) in [4.78, 5) is 4.63. The second-order valence-electron chi connectivity index (χ2n) is 6.73. The van der Waals surface area contributed by atoms with Crippen LogP contribution in [0.15, 0.2) is 60.8 Å². The summed E-state index contributed by atoms with van der Waals surface area (Å²) >= 11 is 5.95. The number of alkyl halides is 2. The summed E-state index contributed by atoms with van der Waals surface area (Å²) in [6.07, 6.45) is -1.18. The lowest BCUT2D eigenvalue weighted by Gasteiger charge is -2.10. The first kappa shape index (κ1) is 19.9. The third-order valence-electron chi connectivity index (χ3n) is 4.86. The lowest BCUT2D eigenvalue weighted by atomic mass is 10.1. The molecule has 2 aromatic heterocycles. The van der Waals surface area contributed by atoms with E-state index in [1.807, 2.05) is 30.3 Å². The van der Waals surface area contributed by atoms with Crippen LogP contribution in [-0.2, 0) is 6.54 Å². The monoisotopic (exact) mass is 423 g/mol. The van der Waals surface area contributed by atoms with Crippen LogP contribution in [-0.4, -0.2) is 16.7 Å². The molecule has 0 aliphatic heterocycles. The number of ether oxygens (including phenoxy) is 1. The first-order valence-electron chi connectivity index (χ1n) is 9.11. The molecule has 0 spiro atoms. The third kappa shape index (κ3) is 3.72. The molecule has 0 amide bonds. The molecular weight excluding hydrogens is 408 g/mol. The molecule has 0 saturated heterocycles. The van der Waals surface area contributed by atoms with Gasteiger partial charge in [-0.15, -0.1) is 0 Å². The van der Waals surface area contributed by atoms with E-state index in [2.05, 4.69) is 4.98 Å². The smallest absolute Gasteiger partial charge is 0.264 e. The third-order valence-corrected chi connectivity index (χ3v) is 5.12. The minimum Gasteiger partial charge on any atom is -0.497 e. The zero-order valence-corrected chi connectivity index (χ0v) is 16.7. The molecule has 2 aromatic carbocycles. The summed E-state index contributed by atoms with van der Waals surface area (Å²) in [7, 11) is 1.59. The van der Waals surface area contributed by atoms with Crippen LogP contribution in [0.5, 0.6) is 5.75 Å². The number of pyridine rings is 1. The van der Waals surface area contributed by atoms with Gasteiger partial charge >= 0.3 is 0 Å². The topological polar surface area (TPSA) is 50.8 Å². The molecule has 0 radical (unpaired) electrons. The van der Waals surface area contributed by atoms with Gasteiger partial charge in [0.1, 0.15) is 17.5 Å². The van der Waals surface area contributed by atoms with Crippen LogP contribution >= 0.6 is 11.6 Å². The average molecular weight is 424 g/mol. The van der Waals surface area contributed by atoms with Crippen molar-refractivity contribution in [3.63, 3.8) is 0 Å². The summed E-state index contributed by atoms with van der Waals surface area (Å²) < 4.78 is 34.7. The number of nitrogens with zero attached hydrogens (tertiary/aromatic N) is 3. The summed E-state index contributed by atoms with van der Waals surface area (Å²) in [6.45, 7) is 0.377. The number of rotatable bonds is 5. The van der Waals surface area contributed by atoms with Crippen molar-refractivity contribution in [2.45, 2.75) is 13.0 Å². The standard InChI is InChI=1S/C23H16ClF2N3O/c1-30-18-8-2-14(3-9-18)12-29-13-16(11-27)21-19(22(25)26)10-20(28-23(21)29)15-4-6-17(24)7-5-15/h2-10,13,22H,12H2,1H3. The Morgan fingerprint density at radius 3 is 2.43 bits per heavy atom. The molecule has 4 rings (SSSR count). The fourth-order valence-corrected chi connectivity index (χ4v) is 3.52. The lowest BCUT2D eigenvalue weighted by Crippen LogP contribution is -2.01. The first-order valence-corrected chi connectivity index (χ1v) is 9.49. The molecule has 0 atom stereocenters. The second-order valence-corrected chi connectivity index (χ2v) is 7.17. The van der Waals surface area contributed by atoms with Crippen molar-refractivity contribution in [1.29, 1.82) is 5.26 Å². The van der Waals surface area contributed by atoms with Crippen molar-refractivity contribution in [3.05, 3.63) is 82.5 Å². The zero-order chi connectivity index (χ0) is 21.3. The number of halogens is 3. The number of nitriles is 1. The molecule has 7 heteroatoms. The number of methoxy groups -OCH3 is 1. The van der Waals surface area contributed by atoms with E-state index in [1.165, 1.54) is 6.07 Å². The number of fused-ring (bicyclic) bond motifs is 1. The zero-order valence-electron chi connectivity index (χ0n) is 15.9. The van der Waals surface area contributed by atoms with Crippen molar-refractivity contribution in [3.8, 4) is 23.1 Å². The Morgan fingerprint density at radius 2 is 1.83 bits per heavy atom. The molecule has 0 aliphatic carbocycles. The molecule has 30 heavy (non-hydrogen) atoms. The van der Waals surface area contributed by atoms with Crippen LogP contribution in [0.3, 0.4) is 0 Å². The van der Waals surface area contributed by atoms with Crippen LogP contribution in [0, 0.1) is 11.3 Å². The van der Waals surface area contributed by atoms with Gasteiger partial charge in [0, 0.05) is 34.3 Å². The SMILES string of the molecule is COc1ccc(Cn2cc(C#N)c3c(C(F)F)cc(-c4ccc(Cl)cc4)nc32)cc1. The van der Waals surface area contributed by atoms with Crippen molar-refractivity contribution in [1.82, 2.24) is 9.55 Å². The van der Waals surface area contributed by atoms with E-state index in [0.717, 1.165) is 11.3 Å². The maximum Gasteiger partial charge on any atom is 0.264 e. The van der Waals surface area contributed by atoms with Gasteiger partial charge in [-0.1, -0.05) is 35.9 Å². The van der Waals surface area contributed by atoms with Gasteiger partial charge in [0.05, 0.1) is 18.4 Å². The largest absolute Gasteiger partial charge is 0.497 e. The van der Waals surface area contributed by atoms with Gasteiger partial charge in [0.25, 0.3) is 6.43 Å². The van der Waals surface area contributed by atoms with Crippen LogP contribution in [0.1, 0.15) is 23.1 Å². The minimum atomic E-state index is -2.74. The highest BCUT2D eigenvalue weighted by Crippen LogP contribution is 2.34. The Kier molecular flexibility index (Phi) is 5.39. The maximum absolute atomic E-state index is 13.9. The van der Waals surface area contributed by atoms with Crippen LogP contribution in [0.25, 0.3) is 22.3 Å². The minimum absolute atomic E-state index is 0.170. The van der Waals surface area contributed by atoms with Gasteiger partial charge in [0.15, 0.2) is 0 Å². The highest BCUT2D eigenvalue weighted by atomic mass is 35.5. The average Bonchev–Trinajstić information content (AvgIpc) is 3.11.